The summed E-state index contributed by atoms with van der Waals surface area (Å²) >= 11 is 0. The maximum Gasteiger partial charge on any atom is 0.0628 e. The number of rotatable bonds is 7. The molecule has 3 nitrogen and oxygen atoms in total. The van der Waals surface area contributed by atoms with Crippen LogP contribution < -0.4 is 5.32 Å². The van der Waals surface area contributed by atoms with Gasteiger partial charge in [0, 0.05) is 18.8 Å². The third-order valence-corrected chi connectivity index (χ3v) is 5.24. The third kappa shape index (κ3) is 4.32. The van der Waals surface area contributed by atoms with Crippen LogP contribution in [-0.2, 0) is 13.5 Å². The van der Waals surface area contributed by atoms with E-state index < -0.39 is 0 Å². The fourth-order valence-corrected chi connectivity index (χ4v) is 3.85. The van der Waals surface area contributed by atoms with Crippen molar-refractivity contribution in [2.75, 3.05) is 6.54 Å². The molecule has 21 heavy (non-hydrogen) atoms. The maximum atomic E-state index is 4.56. The number of aromatic nitrogens is 2. The predicted molar refractivity (Wildman–Crippen MR) is 89.7 cm³/mol. The fourth-order valence-electron chi connectivity index (χ4n) is 3.85. The number of nitrogens with one attached hydrogen (secondary N) is 1. The molecule has 1 heterocycles. The normalized spacial score (nSPS) is 18.1. The number of nitrogens with zero attached hydrogens (tertiary/aromatic N) is 2. The summed E-state index contributed by atoms with van der Waals surface area (Å²) in [5, 5.41) is 8.39. The van der Waals surface area contributed by atoms with Crippen LogP contribution >= 0.6 is 0 Å². The molecule has 1 aliphatic carbocycles. The summed E-state index contributed by atoms with van der Waals surface area (Å²) in [7, 11) is 2.06. The first-order valence-electron chi connectivity index (χ1n) is 8.86. The zero-order valence-corrected chi connectivity index (χ0v) is 14.4. The Morgan fingerprint density at radius 3 is 2.52 bits per heavy atom. The quantitative estimate of drug-likeness (QED) is 0.825. The van der Waals surface area contributed by atoms with Crippen molar-refractivity contribution in [2.45, 2.75) is 78.2 Å². The smallest absolute Gasteiger partial charge is 0.0628 e. The van der Waals surface area contributed by atoms with Crippen molar-refractivity contribution < 1.29 is 0 Å². The van der Waals surface area contributed by atoms with Gasteiger partial charge < -0.3 is 5.32 Å². The summed E-state index contributed by atoms with van der Waals surface area (Å²) in [6, 6.07) is 0.698. The molecule has 0 spiro atoms. The van der Waals surface area contributed by atoms with Gasteiger partial charge >= 0.3 is 0 Å². The van der Waals surface area contributed by atoms with Crippen LogP contribution in [0.1, 0.15) is 68.8 Å². The molecule has 1 N–H and O–H groups in total. The van der Waals surface area contributed by atoms with Crippen LogP contribution in [0, 0.1) is 19.8 Å². The van der Waals surface area contributed by atoms with Gasteiger partial charge in [-0.15, -0.1) is 0 Å². The Morgan fingerprint density at radius 1 is 1.24 bits per heavy atom. The molecule has 0 bridgehead atoms. The highest BCUT2D eigenvalue weighted by Gasteiger charge is 2.23. The molecule has 0 amide bonds. The first-order chi connectivity index (χ1) is 10.1. The van der Waals surface area contributed by atoms with Gasteiger partial charge in [-0.3, -0.25) is 4.68 Å². The van der Waals surface area contributed by atoms with Gasteiger partial charge in [0.15, 0.2) is 0 Å². The zero-order valence-electron chi connectivity index (χ0n) is 14.4. The Bertz CT molecular complexity index is 430. The molecule has 1 aromatic rings. The first-order valence-corrected chi connectivity index (χ1v) is 8.86. The van der Waals surface area contributed by atoms with Gasteiger partial charge in [-0.1, -0.05) is 26.2 Å². The van der Waals surface area contributed by atoms with Crippen molar-refractivity contribution in [1.82, 2.24) is 15.1 Å². The van der Waals surface area contributed by atoms with Crippen LogP contribution in [0.2, 0.25) is 0 Å². The van der Waals surface area contributed by atoms with Crippen molar-refractivity contribution in [1.29, 1.82) is 0 Å². The number of aryl methyl sites for hydroxylation is 2. The van der Waals surface area contributed by atoms with E-state index >= 15 is 0 Å². The highest BCUT2D eigenvalue weighted by molar-refractivity contribution is 5.24. The zero-order chi connectivity index (χ0) is 15.2. The third-order valence-electron chi connectivity index (χ3n) is 5.24. The van der Waals surface area contributed by atoms with E-state index in [2.05, 4.69) is 38.2 Å². The minimum absolute atomic E-state index is 0.698. The second-order valence-electron chi connectivity index (χ2n) is 6.77. The van der Waals surface area contributed by atoms with Crippen LogP contribution in [0.4, 0.5) is 0 Å². The van der Waals surface area contributed by atoms with Crippen molar-refractivity contribution in [3.63, 3.8) is 0 Å². The van der Waals surface area contributed by atoms with Crippen LogP contribution in [-0.4, -0.2) is 22.4 Å². The SMILES string of the molecule is CCCNC(CCc1c(C)nn(C)c1C)C1CCCCC1. The molecule has 1 saturated carbocycles. The van der Waals surface area contributed by atoms with Gasteiger partial charge in [-0.2, -0.15) is 5.10 Å². The first kappa shape index (κ1) is 16.5. The van der Waals surface area contributed by atoms with Crippen LogP contribution in [0.3, 0.4) is 0 Å². The average molecular weight is 291 g/mol. The van der Waals surface area contributed by atoms with E-state index in [1.54, 1.807) is 0 Å². The molecule has 120 valence electrons. The average Bonchev–Trinajstić information content (AvgIpc) is 2.74. The largest absolute Gasteiger partial charge is 0.314 e. The van der Waals surface area contributed by atoms with Gasteiger partial charge in [0.2, 0.25) is 0 Å². The summed E-state index contributed by atoms with van der Waals surface area (Å²) < 4.78 is 2.03. The van der Waals surface area contributed by atoms with Crippen molar-refractivity contribution in [3.8, 4) is 0 Å². The Labute approximate surface area is 130 Å². The molecular formula is C18H33N3. The van der Waals surface area contributed by atoms with Crippen LogP contribution in [0.25, 0.3) is 0 Å². The van der Waals surface area contributed by atoms with Gasteiger partial charge in [-0.25, -0.2) is 0 Å². The van der Waals surface area contributed by atoms with E-state index in [0.717, 1.165) is 12.5 Å². The van der Waals surface area contributed by atoms with Crippen molar-refractivity contribution >= 4 is 0 Å². The molecule has 1 unspecified atom stereocenters. The number of hydrogen-bond donors (Lipinski definition) is 1. The van der Waals surface area contributed by atoms with Gasteiger partial charge in [0.25, 0.3) is 0 Å². The summed E-state index contributed by atoms with van der Waals surface area (Å²) in [6.45, 7) is 7.77. The molecule has 1 aromatic heterocycles. The second kappa shape index (κ2) is 7.98. The monoisotopic (exact) mass is 291 g/mol. The Kier molecular flexibility index (Phi) is 6.28. The minimum Gasteiger partial charge on any atom is -0.314 e. The van der Waals surface area contributed by atoms with E-state index in [0.29, 0.717) is 6.04 Å². The maximum absolute atomic E-state index is 4.56. The highest BCUT2D eigenvalue weighted by atomic mass is 15.3. The fraction of sp³-hybridized carbons (Fsp3) is 0.833. The van der Waals surface area contributed by atoms with Crippen molar-refractivity contribution in [3.05, 3.63) is 17.0 Å². The second-order valence-corrected chi connectivity index (χ2v) is 6.77. The molecule has 0 radical (unpaired) electrons. The van der Waals surface area contributed by atoms with E-state index in [9.17, 15) is 0 Å². The lowest BCUT2D eigenvalue weighted by molar-refractivity contribution is 0.258. The Hall–Kier alpha value is -0.830. The molecule has 1 aliphatic rings. The van der Waals surface area contributed by atoms with Gasteiger partial charge in [0.1, 0.15) is 0 Å². The molecule has 3 heteroatoms. The van der Waals surface area contributed by atoms with E-state index in [-0.39, 0.29) is 0 Å². The summed E-state index contributed by atoms with van der Waals surface area (Å²) in [4.78, 5) is 0. The highest BCUT2D eigenvalue weighted by Crippen LogP contribution is 2.29. The lowest BCUT2D eigenvalue weighted by Crippen LogP contribution is -2.38. The molecule has 0 aromatic carbocycles. The van der Waals surface area contributed by atoms with E-state index in [1.165, 1.54) is 68.3 Å². The van der Waals surface area contributed by atoms with Gasteiger partial charge in [-0.05, 0) is 64.0 Å². The molecule has 1 fully saturated rings. The molecule has 2 rings (SSSR count). The lowest BCUT2D eigenvalue weighted by atomic mass is 9.81. The molecule has 0 saturated heterocycles. The minimum atomic E-state index is 0.698. The Morgan fingerprint density at radius 2 is 1.95 bits per heavy atom. The predicted octanol–water partition coefficient (Wildman–Crippen LogP) is 3.92. The number of hydrogen-bond acceptors (Lipinski definition) is 2. The lowest BCUT2D eigenvalue weighted by Gasteiger charge is -2.31. The van der Waals surface area contributed by atoms with Crippen molar-refractivity contribution in [2.24, 2.45) is 13.0 Å². The topological polar surface area (TPSA) is 29.9 Å². The standard InChI is InChI=1S/C18H33N3/c1-5-13-19-18(16-9-7-6-8-10-16)12-11-17-14(2)20-21(4)15(17)3/h16,18-19H,5-13H2,1-4H3. The summed E-state index contributed by atoms with van der Waals surface area (Å²) in [5.74, 6) is 0.891. The van der Waals surface area contributed by atoms with E-state index in [1.807, 2.05) is 4.68 Å². The molecule has 0 aliphatic heterocycles. The van der Waals surface area contributed by atoms with E-state index in [4.69, 9.17) is 0 Å². The molecule has 1 atom stereocenters. The van der Waals surface area contributed by atoms with Crippen LogP contribution in [0.15, 0.2) is 0 Å². The van der Waals surface area contributed by atoms with Crippen LogP contribution in [0.5, 0.6) is 0 Å². The molecular weight excluding hydrogens is 258 g/mol. The Balaban J connectivity index is 1.97. The summed E-state index contributed by atoms with van der Waals surface area (Å²) in [5.41, 5.74) is 4.02. The summed E-state index contributed by atoms with van der Waals surface area (Å²) in [6.07, 6.45) is 10.8. The van der Waals surface area contributed by atoms with Gasteiger partial charge in [0.05, 0.1) is 5.69 Å².